The first-order chi connectivity index (χ1) is 19.2. The van der Waals surface area contributed by atoms with Crippen LogP contribution < -0.4 is 4.90 Å². The fourth-order valence-electron chi connectivity index (χ4n) is 5.69. The first-order valence-corrected chi connectivity index (χ1v) is 14.0. The third-order valence-corrected chi connectivity index (χ3v) is 7.63. The van der Waals surface area contributed by atoms with Crippen LogP contribution >= 0.6 is 0 Å². The first kappa shape index (κ1) is 26.1. The fraction of sp³-hybridized carbons (Fsp3) is 0.257. The monoisotopic (exact) mass is 510 g/mol. The van der Waals surface area contributed by atoms with Crippen LogP contribution in [0.3, 0.4) is 0 Å². The molecule has 0 aliphatic carbocycles. The Morgan fingerprint density at radius 1 is 0.795 bits per heavy atom. The van der Waals surface area contributed by atoms with Gasteiger partial charge in [-0.25, -0.2) is 0 Å². The Bertz CT molecular complexity index is 1670. The molecular weight excluding hydrogens is 476 g/mol. The Morgan fingerprint density at radius 2 is 1.54 bits per heavy atom. The van der Waals surface area contributed by atoms with Crippen LogP contribution in [0.15, 0.2) is 90.2 Å². The molecule has 4 heteroatoms. The molecule has 0 atom stereocenters. The van der Waals surface area contributed by atoms with E-state index in [4.69, 9.17) is 0 Å². The van der Waals surface area contributed by atoms with Crippen LogP contribution in [0.2, 0.25) is 0 Å². The minimum Gasteiger partial charge on any atom is -0.341 e. The number of rotatable bonds is 9. The zero-order chi connectivity index (χ0) is 27.2. The minimum absolute atomic E-state index is 0.132. The molecule has 1 aliphatic heterocycles. The zero-order valence-corrected chi connectivity index (χ0v) is 22.8. The maximum atomic E-state index is 9.61. The molecule has 0 N–H and O–H groups in total. The van der Waals surface area contributed by atoms with E-state index in [-0.39, 0.29) is 5.57 Å². The predicted molar refractivity (Wildman–Crippen MR) is 163 cm³/mol. The second-order valence-electron chi connectivity index (χ2n) is 10.0. The summed E-state index contributed by atoms with van der Waals surface area (Å²) in [6.45, 7) is 6.19. The highest BCUT2D eigenvalue weighted by atomic mass is 15.1. The highest BCUT2D eigenvalue weighted by Crippen LogP contribution is 2.38. The van der Waals surface area contributed by atoms with Crippen molar-refractivity contribution in [2.75, 3.05) is 11.4 Å². The van der Waals surface area contributed by atoms with E-state index in [9.17, 15) is 10.5 Å². The van der Waals surface area contributed by atoms with Crippen LogP contribution in [0.5, 0.6) is 0 Å². The molecule has 0 radical (unpaired) electrons. The summed E-state index contributed by atoms with van der Waals surface area (Å²) in [6.07, 6.45) is 12.5. The van der Waals surface area contributed by atoms with Crippen molar-refractivity contribution in [2.45, 2.75) is 52.5 Å². The normalized spacial score (nSPS) is 13.0. The number of fused-ring (bicyclic) bond motifs is 4. The molecule has 1 aromatic heterocycles. The highest BCUT2D eigenvalue weighted by Gasteiger charge is 2.22. The van der Waals surface area contributed by atoms with Gasteiger partial charge in [0.2, 0.25) is 0 Å². The van der Waals surface area contributed by atoms with Crippen LogP contribution in [0.1, 0.15) is 57.1 Å². The molecule has 4 nitrogen and oxygen atoms in total. The van der Waals surface area contributed by atoms with Gasteiger partial charge in [-0.3, -0.25) is 0 Å². The second kappa shape index (κ2) is 11.9. The zero-order valence-electron chi connectivity index (χ0n) is 22.8. The van der Waals surface area contributed by atoms with Gasteiger partial charge < -0.3 is 9.47 Å². The number of allylic oxidation sites excluding steroid dienone is 4. The molecule has 4 aromatic rings. The number of nitrogens with zero attached hydrogens (tertiary/aromatic N) is 4. The molecule has 1 aliphatic rings. The van der Waals surface area contributed by atoms with Crippen LogP contribution in [0.25, 0.3) is 33.5 Å². The molecule has 5 rings (SSSR count). The largest absolute Gasteiger partial charge is 0.341 e. The van der Waals surface area contributed by atoms with E-state index in [2.05, 4.69) is 96.1 Å². The molecule has 39 heavy (non-hydrogen) atoms. The Labute approximate surface area is 231 Å². The van der Waals surface area contributed by atoms with E-state index in [1.807, 2.05) is 24.3 Å². The summed E-state index contributed by atoms with van der Waals surface area (Å²) in [5.74, 6) is 0. The third kappa shape index (κ3) is 5.12. The molecule has 0 saturated carbocycles. The van der Waals surface area contributed by atoms with Crippen molar-refractivity contribution in [3.8, 4) is 12.1 Å². The summed E-state index contributed by atoms with van der Waals surface area (Å²) in [5.41, 5.74) is 7.40. The van der Waals surface area contributed by atoms with Crippen LogP contribution in [0.4, 0.5) is 5.69 Å². The van der Waals surface area contributed by atoms with Crippen molar-refractivity contribution in [3.05, 3.63) is 101 Å². The number of anilines is 1. The minimum atomic E-state index is 0.132. The van der Waals surface area contributed by atoms with Gasteiger partial charge in [-0.1, -0.05) is 81.1 Å². The van der Waals surface area contributed by atoms with Crippen molar-refractivity contribution in [1.29, 1.82) is 10.5 Å². The smallest absolute Gasteiger partial charge is 0.137 e. The summed E-state index contributed by atoms with van der Waals surface area (Å²) in [7, 11) is 0. The number of aryl methyl sites for hydroxylation is 1. The summed E-state index contributed by atoms with van der Waals surface area (Å²) in [6, 6.07) is 27.6. The summed E-state index contributed by atoms with van der Waals surface area (Å²) in [4.78, 5) is 2.23. The predicted octanol–water partition coefficient (Wildman–Crippen LogP) is 9.00. The van der Waals surface area contributed by atoms with Gasteiger partial charge >= 0.3 is 0 Å². The van der Waals surface area contributed by atoms with Gasteiger partial charge in [0.05, 0.1) is 0 Å². The molecule has 0 fully saturated rings. The van der Waals surface area contributed by atoms with E-state index >= 15 is 0 Å². The number of hydrogen-bond donors (Lipinski definition) is 0. The molecule has 2 heterocycles. The molecular formula is C35H34N4. The summed E-state index contributed by atoms with van der Waals surface area (Å²) in [5, 5.41) is 21.8. The Morgan fingerprint density at radius 3 is 2.33 bits per heavy atom. The number of unbranched alkanes of at least 4 members (excludes halogenated alkanes) is 4. The average molecular weight is 511 g/mol. The highest BCUT2D eigenvalue weighted by molar-refractivity contribution is 6.08. The number of nitriles is 2. The lowest BCUT2D eigenvalue weighted by Gasteiger charge is -2.31. The standard InChI is InChI=1S/C35H34N4/c1-3-5-6-7-12-21-39-34-16-11-9-14-30(34)32-22-26(18-20-35(32)39)17-19-28-23-31(27(24-36)25-37)29-13-8-10-15-33(29)38(28)4-2/h8-11,13-20,22-23H,3-7,12,21H2,1-2H3/b19-17+. The quantitative estimate of drug-likeness (QED) is 0.167. The van der Waals surface area contributed by atoms with E-state index in [0.29, 0.717) is 5.57 Å². The van der Waals surface area contributed by atoms with Crippen molar-refractivity contribution in [1.82, 2.24) is 4.57 Å². The van der Waals surface area contributed by atoms with E-state index in [1.54, 1.807) is 0 Å². The van der Waals surface area contributed by atoms with Crippen molar-refractivity contribution < 1.29 is 0 Å². The molecule has 0 spiro atoms. The van der Waals surface area contributed by atoms with Crippen molar-refractivity contribution >= 4 is 39.1 Å². The lowest BCUT2D eigenvalue weighted by Crippen LogP contribution is -2.25. The van der Waals surface area contributed by atoms with Crippen LogP contribution in [-0.2, 0) is 6.54 Å². The molecule has 0 bridgehead atoms. The molecule has 194 valence electrons. The third-order valence-electron chi connectivity index (χ3n) is 7.63. The van der Waals surface area contributed by atoms with Gasteiger partial charge in [0.1, 0.15) is 17.7 Å². The molecule has 0 saturated heterocycles. The first-order valence-electron chi connectivity index (χ1n) is 14.0. The molecule has 0 amide bonds. The van der Waals surface area contributed by atoms with E-state index in [1.165, 1.54) is 53.9 Å². The van der Waals surface area contributed by atoms with Crippen LogP contribution in [-0.4, -0.2) is 11.1 Å². The molecule has 3 aromatic carbocycles. The summed E-state index contributed by atoms with van der Waals surface area (Å²) >= 11 is 0. The number of benzene rings is 3. The number of aromatic nitrogens is 1. The lowest BCUT2D eigenvalue weighted by atomic mass is 9.93. The van der Waals surface area contributed by atoms with Crippen LogP contribution in [0, 0.1) is 22.7 Å². The number of likely N-dealkylation sites (N-methyl/N-ethyl adjacent to an activating group) is 1. The Hall–Kier alpha value is -4.54. The lowest BCUT2D eigenvalue weighted by molar-refractivity contribution is 0.584. The summed E-state index contributed by atoms with van der Waals surface area (Å²) < 4.78 is 2.48. The van der Waals surface area contributed by atoms with Crippen molar-refractivity contribution in [2.24, 2.45) is 0 Å². The van der Waals surface area contributed by atoms with E-state index in [0.717, 1.165) is 35.6 Å². The van der Waals surface area contributed by atoms with Gasteiger partial charge in [-0.05, 0) is 55.3 Å². The molecule has 0 unspecified atom stereocenters. The van der Waals surface area contributed by atoms with Gasteiger partial charge in [0, 0.05) is 57.4 Å². The SMILES string of the molecule is CCCCCCCn1c2ccccc2c2cc(/C=C/C3=CC(=C(C#N)C#N)c4ccccc4N3CC)ccc21. The topological polar surface area (TPSA) is 55.8 Å². The van der Waals surface area contributed by atoms with Gasteiger partial charge in [0.15, 0.2) is 0 Å². The van der Waals surface area contributed by atoms with Gasteiger partial charge in [-0.2, -0.15) is 10.5 Å². The maximum absolute atomic E-state index is 9.61. The Balaban J connectivity index is 1.52. The Kier molecular flexibility index (Phi) is 7.95. The maximum Gasteiger partial charge on any atom is 0.137 e. The second-order valence-corrected chi connectivity index (χ2v) is 10.0. The van der Waals surface area contributed by atoms with Gasteiger partial charge in [-0.15, -0.1) is 0 Å². The number of hydrogen-bond acceptors (Lipinski definition) is 3. The fourth-order valence-corrected chi connectivity index (χ4v) is 5.69. The van der Waals surface area contributed by atoms with Crippen molar-refractivity contribution in [3.63, 3.8) is 0 Å². The number of para-hydroxylation sites is 2. The van der Waals surface area contributed by atoms with Gasteiger partial charge in [0.25, 0.3) is 0 Å². The average Bonchev–Trinajstić information content (AvgIpc) is 3.29. The van der Waals surface area contributed by atoms with E-state index < -0.39 is 0 Å².